The summed E-state index contributed by atoms with van der Waals surface area (Å²) in [5, 5.41) is 0. The lowest BCUT2D eigenvalue weighted by molar-refractivity contribution is -0.132. The van der Waals surface area contributed by atoms with Crippen molar-refractivity contribution in [3.05, 3.63) is 95.6 Å². The van der Waals surface area contributed by atoms with E-state index in [4.69, 9.17) is 4.74 Å². The molecular formula is C28H30FN3O3. The number of nitrogens with zero attached hydrogens (tertiary/aromatic N) is 3. The van der Waals surface area contributed by atoms with Crippen LogP contribution in [0, 0.1) is 18.7 Å². The van der Waals surface area contributed by atoms with Crippen molar-refractivity contribution in [1.29, 1.82) is 0 Å². The van der Waals surface area contributed by atoms with Gasteiger partial charge in [0.15, 0.2) is 0 Å². The number of aromatic nitrogens is 1. The molecule has 35 heavy (non-hydrogen) atoms. The highest BCUT2D eigenvalue weighted by molar-refractivity contribution is 5.93. The third-order valence-electron chi connectivity index (χ3n) is 6.39. The van der Waals surface area contributed by atoms with Gasteiger partial charge in [-0.15, -0.1) is 0 Å². The average molecular weight is 476 g/mol. The molecular weight excluding hydrogens is 445 g/mol. The molecule has 0 unspecified atom stereocenters. The van der Waals surface area contributed by atoms with Crippen LogP contribution in [0.3, 0.4) is 0 Å². The molecule has 182 valence electrons. The average Bonchev–Trinajstić information content (AvgIpc) is 2.87. The normalized spacial score (nSPS) is 17.6. The number of ether oxygens (including phenoxy) is 1. The smallest absolute Gasteiger partial charge is 0.272 e. The van der Waals surface area contributed by atoms with Crippen LogP contribution in [0.1, 0.15) is 34.5 Å². The Bertz CT molecular complexity index is 1150. The number of pyridine rings is 1. The van der Waals surface area contributed by atoms with E-state index in [1.807, 2.05) is 43.3 Å². The molecule has 0 radical (unpaired) electrons. The van der Waals surface area contributed by atoms with Crippen LogP contribution in [0.5, 0.6) is 5.75 Å². The summed E-state index contributed by atoms with van der Waals surface area (Å²) in [5.41, 5.74) is 2.29. The van der Waals surface area contributed by atoms with E-state index in [2.05, 4.69) is 4.98 Å². The van der Waals surface area contributed by atoms with Gasteiger partial charge in [-0.3, -0.25) is 14.6 Å². The van der Waals surface area contributed by atoms with Crippen molar-refractivity contribution in [2.75, 3.05) is 20.1 Å². The highest BCUT2D eigenvalue weighted by atomic mass is 19.1. The molecule has 2 amide bonds. The van der Waals surface area contributed by atoms with Gasteiger partial charge in [-0.1, -0.05) is 36.4 Å². The minimum absolute atomic E-state index is 0.0186. The topological polar surface area (TPSA) is 62.7 Å². The molecule has 0 spiro atoms. The van der Waals surface area contributed by atoms with Gasteiger partial charge < -0.3 is 14.5 Å². The van der Waals surface area contributed by atoms with Crippen LogP contribution in [-0.2, 0) is 11.3 Å². The lowest BCUT2D eigenvalue weighted by Crippen LogP contribution is -2.49. The van der Waals surface area contributed by atoms with E-state index in [0.29, 0.717) is 37.5 Å². The number of benzene rings is 2. The lowest BCUT2D eigenvalue weighted by Gasteiger charge is -2.39. The number of aryl methyl sites for hydroxylation is 1. The third kappa shape index (κ3) is 6.23. The summed E-state index contributed by atoms with van der Waals surface area (Å²) in [6, 6.07) is 19.4. The Hall–Kier alpha value is -3.74. The Morgan fingerprint density at radius 3 is 2.54 bits per heavy atom. The fourth-order valence-corrected chi connectivity index (χ4v) is 4.42. The zero-order valence-corrected chi connectivity index (χ0v) is 20.1. The predicted molar refractivity (Wildman–Crippen MR) is 131 cm³/mol. The standard InChI is InChI=1S/C28H30FN3O3/c1-20-7-6-15-30-27(20)28(34)32-16-14-25(35-24-12-10-23(29)11-13-24)22(19-32)17-26(33)31(2)18-21-8-4-3-5-9-21/h3-13,15,22,25H,14,16-19H2,1-2H3/t22-,25-/m0/s1. The van der Waals surface area contributed by atoms with Gasteiger partial charge in [0.25, 0.3) is 5.91 Å². The number of hydrogen-bond donors (Lipinski definition) is 0. The maximum atomic E-state index is 13.4. The molecule has 2 atom stereocenters. The SMILES string of the molecule is Cc1cccnc1C(=O)N1CC[C@H](Oc2ccc(F)cc2)[C@@H](CC(=O)N(C)Cc2ccccc2)C1. The van der Waals surface area contributed by atoms with Gasteiger partial charge in [-0.25, -0.2) is 4.39 Å². The van der Waals surface area contributed by atoms with Crippen molar-refractivity contribution < 1.29 is 18.7 Å². The molecule has 0 bridgehead atoms. The van der Waals surface area contributed by atoms with E-state index >= 15 is 0 Å². The van der Waals surface area contributed by atoms with Gasteiger partial charge in [0.05, 0.1) is 0 Å². The molecule has 2 heterocycles. The number of hydrogen-bond acceptors (Lipinski definition) is 4. The van der Waals surface area contributed by atoms with Gasteiger partial charge in [0.1, 0.15) is 23.4 Å². The fraction of sp³-hybridized carbons (Fsp3) is 0.321. The monoisotopic (exact) mass is 475 g/mol. The summed E-state index contributed by atoms with van der Waals surface area (Å²) in [7, 11) is 1.79. The van der Waals surface area contributed by atoms with E-state index in [0.717, 1.165) is 11.1 Å². The highest BCUT2D eigenvalue weighted by Crippen LogP contribution is 2.28. The molecule has 0 aliphatic carbocycles. The summed E-state index contributed by atoms with van der Waals surface area (Å²) in [5.74, 6) is -0.162. The Balaban J connectivity index is 1.49. The van der Waals surface area contributed by atoms with Crippen molar-refractivity contribution in [1.82, 2.24) is 14.8 Å². The second kappa shape index (κ2) is 11.1. The summed E-state index contributed by atoms with van der Waals surface area (Å²) in [6.45, 7) is 3.24. The highest BCUT2D eigenvalue weighted by Gasteiger charge is 2.36. The van der Waals surface area contributed by atoms with E-state index < -0.39 is 0 Å². The Labute approximate surface area is 205 Å². The van der Waals surface area contributed by atoms with Crippen LogP contribution in [0.25, 0.3) is 0 Å². The zero-order chi connectivity index (χ0) is 24.8. The summed E-state index contributed by atoms with van der Waals surface area (Å²) in [4.78, 5) is 34.1. The largest absolute Gasteiger partial charge is 0.490 e. The maximum Gasteiger partial charge on any atom is 0.272 e. The first-order chi connectivity index (χ1) is 16.9. The molecule has 4 rings (SSSR count). The molecule has 1 aliphatic heterocycles. The fourth-order valence-electron chi connectivity index (χ4n) is 4.42. The summed E-state index contributed by atoms with van der Waals surface area (Å²) >= 11 is 0. The Morgan fingerprint density at radius 1 is 1.09 bits per heavy atom. The number of amides is 2. The first-order valence-electron chi connectivity index (χ1n) is 11.8. The molecule has 1 aromatic heterocycles. The van der Waals surface area contributed by atoms with Crippen LogP contribution in [0.2, 0.25) is 0 Å². The van der Waals surface area contributed by atoms with Crippen molar-refractivity contribution in [3.8, 4) is 5.75 Å². The van der Waals surface area contributed by atoms with Gasteiger partial charge >= 0.3 is 0 Å². The van der Waals surface area contributed by atoms with Gasteiger partial charge in [0, 0.05) is 51.6 Å². The summed E-state index contributed by atoms with van der Waals surface area (Å²) in [6.07, 6.45) is 2.14. The number of carbonyl (C=O) groups excluding carboxylic acids is 2. The maximum absolute atomic E-state index is 13.4. The van der Waals surface area contributed by atoms with E-state index in [9.17, 15) is 14.0 Å². The molecule has 0 saturated carbocycles. The molecule has 1 fully saturated rings. The molecule has 7 heteroatoms. The number of carbonyl (C=O) groups is 2. The minimum atomic E-state index is -0.335. The van der Waals surface area contributed by atoms with Gasteiger partial charge in [0.2, 0.25) is 5.91 Å². The first-order valence-corrected chi connectivity index (χ1v) is 11.8. The number of rotatable bonds is 7. The van der Waals surface area contributed by atoms with Crippen LogP contribution >= 0.6 is 0 Å². The predicted octanol–water partition coefficient (Wildman–Crippen LogP) is 4.49. The van der Waals surface area contributed by atoms with Crippen LogP contribution in [0.4, 0.5) is 4.39 Å². The second-order valence-corrected chi connectivity index (χ2v) is 9.02. The molecule has 1 saturated heterocycles. The Kier molecular flexibility index (Phi) is 7.75. The molecule has 0 N–H and O–H groups in total. The van der Waals surface area contributed by atoms with Crippen LogP contribution in [-0.4, -0.2) is 52.8 Å². The summed E-state index contributed by atoms with van der Waals surface area (Å²) < 4.78 is 19.5. The van der Waals surface area contributed by atoms with Gasteiger partial charge in [-0.05, 0) is 48.4 Å². The number of piperidine rings is 1. The van der Waals surface area contributed by atoms with Gasteiger partial charge in [-0.2, -0.15) is 0 Å². The second-order valence-electron chi connectivity index (χ2n) is 9.02. The molecule has 6 nitrogen and oxygen atoms in total. The van der Waals surface area contributed by atoms with Crippen molar-refractivity contribution >= 4 is 11.8 Å². The molecule has 2 aromatic carbocycles. The number of likely N-dealkylation sites (tertiary alicyclic amines) is 1. The molecule has 3 aromatic rings. The van der Waals surface area contributed by atoms with Crippen LogP contribution in [0.15, 0.2) is 72.9 Å². The lowest BCUT2D eigenvalue weighted by atomic mass is 9.90. The van der Waals surface area contributed by atoms with E-state index in [1.165, 1.54) is 12.1 Å². The van der Waals surface area contributed by atoms with E-state index in [-0.39, 0.29) is 36.1 Å². The van der Waals surface area contributed by atoms with Crippen molar-refractivity contribution in [3.63, 3.8) is 0 Å². The first kappa shape index (κ1) is 24.4. The van der Waals surface area contributed by atoms with Crippen molar-refractivity contribution in [2.45, 2.75) is 32.4 Å². The molecule has 1 aliphatic rings. The Morgan fingerprint density at radius 2 is 1.83 bits per heavy atom. The minimum Gasteiger partial charge on any atom is -0.490 e. The van der Waals surface area contributed by atoms with E-state index in [1.54, 1.807) is 41.2 Å². The number of halogens is 1. The third-order valence-corrected chi connectivity index (χ3v) is 6.39. The van der Waals surface area contributed by atoms with Crippen molar-refractivity contribution in [2.24, 2.45) is 5.92 Å². The quantitative estimate of drug-likeness (QED) is 0.505. The van der Waals surface area contributed by atoms with Crippen LogP contribution < -0.4 is 4.74 Å². The zero-order valence-electron chi connectivity index (χ0n) is 20.1.